The summed E-state index contributed by atoms with van der Waals surface area (Å²) in [5, 5.41) is 4.05. The molecular formula is C17H17ClFNO. The quantitative estimate of drug-likeness (QED) is 0.858. The van der Waals surface area contributed by atoms with Gasteiger partial charge in [-0.15, -0.1) is 0 Å². The Bertz CT molecular complexity index is 611. The molecule has 0 spiro atoms. The third kappa shape index (κ3) is 4.19. The lowest BCUT2D eigenvalue weighted by Crippen LogP contribution is -2.15. The Kier molecular flexibility index (Phi) is 4.42. The van der Waals surface area contributed by atoms with Gasteiger partial charge in [-0.1, -0.05) is 29.8 Å². The van der Waals surface area contributed by atoms with E-state index < -0.39 is 0 Å². The first-order valence-electron chi connectivity index (χ1n) is 7.10. The zero-order valence-corrected chi connectivity index (χ0v) is 12.4. The van der Waals surface area contributed by atoms with Gasteiger partial charge in [-0.3, -0.25) is 0 Å². The highest BCUT2D eigenvalue weighted by Crippen LogP contribution is 2.27. The van der Waals surface area contributed by atoms with Gasteiger partial charge in [0.2, 0.25) is 0 Å². The molecule has 4 heteroatoms. The van der Waals surface area contributed by atoms with Crippen molar-refractivity contribution in [2.45, 2.75) is 32.0 Å². The third-order valence-electron chi connectivity index (χ3n) is 3.48. The van der Waals surface area contributed by atoms with Gasteiger partial charge < -0.3 is 10.1 Å². The number of hydrogen-bond donors (Lipinski definition) is 1. The summed E-state index contributed by atoms with van der Waals surface area (Å²) in [5.74, 6) is 0.403. The molecule has 110 valence electrons. The Morgan fingerprint density at radius 1 is 1.10 bits per heavy atom. The Hall–Kier alpha value is -1.58. The van der Waals surface area contributed by atoms with Crippen molar-refractivity contribution in [1.82, 2.24) is 5.32 Å². The van der Waals surface area contributed by atoms with Crippen LogP contribution >= 0.6 is 11.6 Å². The van der Waals surface area contributed by atoms with Crippen molar-refractivity contribution in [2.24, 2.45) is 0 Å². The zero-order chi connectivity index (χ0) is 14.7. The van der Waals surface area contributed by atoms with E-state index in [2.05, 4.69) is 5.32 Å². The van der Waals surface area contributed by atoms with Crippen LogP contribution in [0.2, 0.25) is 5.02 Å². The molecule has 1 saturated carbocycles. The second-order valence-corrected chi connectivity index (χ2v) is 5.74. The molecule has 2 nitrogen and oxygen atoms in total. The van der Waals surface area contributed by atoms with Crippen molar-refractivity contribution in [2.75, 3.05) is 0 Å². The summed E-state index contributed by atoms with van der Waals surface area (Å²) in [4.78, 5) is 0. The third-order valence-corrected chi connectivity index (χ3v) is 3.77. The summed E-state index contributed by atoms with van der Waals surface area (Å²) in [7, 11) is 0. The maximum atomic E-state index is 12.8. The highest BCUT2D eigenvalue weighted by molar-refractivity contribution is 6.32. The summed E-state index contributed by atoms with van der Waals surface area (Å²) in [5.41, 5.74) is 2.06. The van der Waals surface area contributed by atoms with Crippen molar-refractivity contribution in [3.8, 4) is 5.75 Å². The second kappa shape index (κ2) is 6.46. The molecule has 0 aromatic heterocycles. The van der Waals surface area contributed by atoms with Gasteiger partial charge in [0.15, 0.2) is 0 Å². The fourth-order valence-corrected chi connectivity index (χ4v) is 2.32. The molecule has 0 unspecified atom stereocenters. The van der Waals surface area contributed by atoms with Crippen LogP contribution in [-0.2, 0) is 13.2 Å². The van der Waals surface area contributed by atoms with E-state index in [0.717, 1.165) is 17.7 Å². The molecule has 3 rings (SSSR count). The van der Waals surface area contributed by atoms with Crippen molar-refractivity contribution in [1.29, 1.82) is 0 Å². The SMILES string of the molecule is Fc1ccc(COc2ccc(CNC3CC3)cc2Cl)cc1. The number of nitrogens with one attached hydrogen (secondary N) is 1. The summed E-state index contributed by atoms with van der Waals surface area (Å²) in [6.45, 7) is 1.21. The van der Waals surface area contributed by atoms with Crippen molar-refractivity contribution < 1.29 is 9.13 Å². The smallest absolute Gasteiger partial charge is 0.138 e. The molecule has 0 amide bonds. The lowest BCUT2D eigenvalue weighted by atomic mass is 10.2. The van der Waals surface area contributed by atoms with Crippen molar-refractivity contribution in [3.63, 3.8) is 0 Å². The van der Waals surface area contributed by atoms with Gasteiger partial charge in [0.05, 0.1) is 5.02 Å². The predicted molar refractivity (Wildman–Crippen MR) is 82.0 cm³/mol. The van der Waals surface area contributed by atoms with Crippen LogP contribution in [0.15, 0.2) is 42.5 Å². The standard InChI is InChI=1S/C17H17ClFNO/c18-16-9-13(10-20-15-6-7-15)3-8-17(16)21-11-12-1-4-14(19)5-2-12/h1-5,8-9,15,20H,6-7,10-11H2. The molecule has 1 fully saturated rings. The first-order chi connectivity index (χ1) is 10.2. The van der Waals surface area contributed by atoms with E-state index in [1.165, 1.54) is 25.0 Å². The minimum atomic E-state index is -0.246. The summed E-state index contributed by atoms with van der Waals surface area (Å²) in [6, 6.07) is 12.8. The number of rotatable bonds is 6. The van der Waals surface area contributed by atoms with Gasteiger partial charge in [-0.2, -0.15) is 0 Å². The van der Waals surface area contributed by atoms with Gasteiger partial charge in [0.1, 0.15) is 18.2 Å². The minimum Gasteiger partial charge on any atom is -0.487 e. The Morgan fingerprint density at radius 2 is 1.81 bits per heavy atom. The van der Waals surface area contributed by atoms with Gasteiger partial charge in [-0.25, -0.2) is 4.39 Å². The van der Waals surface area contributed by atoms with Crippen LogP contribution in [-0.4, -0.2) is 6.04 Å². The van der Waals surface area contributed by atoms with Crippen molar-refractivity contribution >= 4 is 11.6 Å². The molecular weight excluding hydrogens is 289 g/mol. The molecule has 0 atom stereocenters. The van der Waals surface area contributed by atoms with Crippen LogP contribution < -0.4 is 10.1 Å². The van der Waals surface area contributed by atoms with Crippen LogP contribution in [0.25, 0.3) is 0 Å². The molecule has 1 aliphatic rings. The normalized spacial score (nSPS) is 14.2. The highest BCUT2D eigenvalue weighted by Gasteiger charge is 2.20. The predicted octanol–water partition coefficient (Wildman–Crippen LogP) is 4.31. The fourth-order valence-electron chi connectivity index (χ4n) is 2.06. The van der Waals surface area contributed by atoms with E-state index in [1.54, 1.807) is 12.1 Å². The maximum Gasteiger partial charge on any atom is 0.138 e. The largest absolute Gasteiger partial charge is 0.487 e. The molecule has 0 aliphatic heterocycles. The van der Waals surface area contributed by atoms with E-state index >= 15 is 0 Å². The second-order valence-electron chi connectivity index (χ2n) is 5.34. The van der Waals surface area contributed by atoms with Crippen LogP contribution in [0, 0.1) is 5.82 Å². The minimum absolute atomic E-state index is 0.246. The fraction of sp³-hybridized carbons (Fsp3) is 0.294. The average molecular weight is 306 g/mol. The van der Waals surface area contributed by atoms with Crippen LogP contribution in [0.5, 0.6) is 5.75 Å². The molecule has 0 bridgehead atoms. The monoisotopic (exact) mass is 305 g/mol. The Balaban J connectivity index is 1.58. The van der Waals surface area contributed by atoms with E-state index in [4.69, 9.17) is 16.3 Å². The molecule has 1 aliphatic carbocycles. The number of benzene rings is 2. The molecule has 21 heavy (non-hydrogen) atoms. The first-order valence-corrected chi connectivity index (χ1v) is 7.47. The van der Waals surface area contributed by atoms with E-state index in [-0.39, 0.29) is 5.82 Å². The van der Waals surface area contributed by atoms with Gasteiger partial charge in [-0.05, 0) is 48.2 Å². The van der Waals surface area contributed by atoms with Crippen molar-refractivity contribution in [3.05, 3.63) is 64.4 Å². The topological polar surface area (TPSA) is 21.3 Å². The zero-order valence-electron chi connectivity index (χ0n) is 11.6. The van der Waals surface area contributed by atoms with E-state index in [0.29, 0.717) is 23.4 Å². The van der Waals surface area contributed by atoms with Crippen LogP contribution in [0.3, 0.4) is 0 Å². The average Bonchev–Trinajstić information content (AvgIpc) is 3.30. The lowest BCUT2D eigenvalue weighted by molar-refractivity contribution is 0.306. The molecule has 2 aromatic carbocycles. The Labute approximate surface area is 128 Å². The van der Waals surface area contributed by atoms with E-state index in [9.17, 15) is 4.39 Å². The van der Waals surface area contributed by atoms with Gasteiger partial charge in [0, 0.05) is 12.6 Å². The summed E-state index contributed by atoms with van der Waals surface area (Å²) in [6.07, 6.45) is 2.54. The van der Waals surface area contributed by atoms with E-state index in [1.807, 2.05) is 18.2 Å². The Morgan fingerprint density at radius 3 is 2.48 bits per heavy atom. The van der Waals surface area contributed by atoms with Gasteiger partial charge >= 0.3 is 0 Å². The lowest BCUT2D eigenvalue weighted by Gasteiger charge is -2.10. The first kappa shape index (κ1) is 14.4. The number of hydrogen-bond acceptors (Lipinski definition) is 2. The summed E-state index contributed by atoms with van der Waals surface area (Å²) < 4.78 is 18.5. The molecule has 0 saturated heterocycles. The van der Waals surface area contributed by atoms with Crippen LogP contribution in [0.1, 0.15) is 24.0 Å². The molecule has 0 radical (unpaired) electrons. The molecule has 1 N–H and O–H groups in total. The van der Waals surface area contributed by atoms with Gasteiger partial charge in [0.25, 0.3) is 0 Å². The molecule has 0 heterocycles. The molecule has 2 aromatic rings. The number of halogens is 2. The van der Waals surface area contributed by atoms with Crippen LogP contribution in [0.4, 0.5) is 4.39 Å². The maximum absolute atomic E-state index is 12.8. The number of ether oxygens (including phenoxy) is 1. The highest BCUT2D eigenvalue weighted by atomic mass is 35.5. The summed E-state index contributed by atoms with van der Waals surface area (Å²) >= 11 is 6.24.